The van der Waals surface area contributed by atoms with Crippen molar-refractivity contribution < 1.29 is 19.1 Å². The molecule has 0 heterocycles. The predicted molar refractivity (Wildman–Crippen MR) is 76.6 cm³/mol. The Morgan fingerprint density at radius 2 is 1.85 bits per heavy atom. The van der Waals surface area contributed by atoms with Gasteiger partial charge in [-0.3, -0.25) is 9.59 Å². The topological polar surface area (TPSA) is 52.6 Å². The molecule has 1 aromatic rings. The zero-order valence-corrected chi connectivity index (χ0v) is 12.1. The average Bonchev–Trinajstić information content (AvgIpc) is 2.46. The normalized spacial score (nSPS) is 11.7. The van der Waals surface area contributed by atoms with Crippen LogP contribution in [0.1, 0.15) is 33.1 Å². The Hall–Kier alpha value is -1.84. The third-order valence-corrected chi connectivity index (χ3v) is 2.90. The van der Waals surface area contributed by atoms with Crippen LogP contribution in [-0.4, -0.2) is 25.0 Å². The van der Waals surface area contributed by atoms with E-state index in [-0.39, 0.29) is 18.8 Å². The number of esters is 1. The highest BCUT2D eigenvalue weighted by atomic mass is 16.5. The van der Waals surface area contributed by atoms with Crippen molar-refractivity contribution in [2.75, 3.05) is 13.2 Å². The molecule has 0 fully saturated rings. The molecule has 0 N–H and O–H groups in total. The number of benzene rings is 1. The quantitative estimate of drug-likeness (QED) is 0.514. The van der Waals surface area contributed by atoms with E-state index in [9.17, 15) is 9.59 Å². The van der Waals surface area contributed by atoms with Gasteiger partial charge in [0.2, 0.25) is 0 Å². The van der Waals surface area contributed by atoms with Gasteiger partial charge in [-0.1, -0.05) is 31.5 Å². The molecule has 0 bridgehead atoms. The molecule has 0 saturated heterocycles. The minimum atomic E-state index is -0.653. The fourth-order valence-corrected chi connectivity index (χ4v) is 1.90. The van der Waals surface area contributed by atoms with Crippen LogP contribution in [-0.2, 0) is 14.3 Å². The number of para-hydroxylation sites is 1. The lowest BCUT2D eigenvalue weighted by Crippen LogP contribution is -2.27. The predicted octanol–water partition coefficient (Wildman–Crippen LogP) is 3.00. The largest absolute Gasteiger partial charge is 0.493 e. The number of carbonyl (C=O) groups excluding carboxylic acids is 2. The van der Waals surface area contributed by atoms with Crippen molar-refractivity contribution in [1.29, 1.82) is 0 Å². The van der Waals surface area contributed by atoms with Gasteiger partial charge in [-0.2, -0.15) is 0 Å². The second-order valence-corrected chi connectivity index (χ2v) is 4.47. The summed E-state index contributed by atoms with van der Waals surface area (Å²) < 4.78 is 10.4. The summed E-state index contributed by atoms with van der Waals surface area (Å²) in [7, 11) is 0. The van der Waals surface area contributed by atoms with Crippen LogP contribution >= 0.6 is 0 Å². The Bertz CT molecular complexity index is 414. The highest BCUT2D eigenvalue weighted by Gasteiger charge is 2.26. The van der Waals surface area contributed by atoms with Crippen LogP contribution in [0.25, 0.3) is 0 Å². The first-order chi connectivity index (χ1) is 9.69. The summed E-state index contributed by atoms with van der Waals surface area (Å²) in [5.74, 6) is -0.455. The average molecular weight is 278 g/mol. The van der Waals surface area contributed by atoms with E-state index in [1.807, 2.05) is 37.3 Å². The van der Waals surface area contributed by atoms with Gasteiger partial charge in [-0.15, -0.1) is 0 Å². The molecule has 1 atom stereocenters. The molecule has 4 nitrogen and oxygen atoms in total. The number of hydrogen-bond donors (Lipinski definition) is 0. The minimum Gasteiger partial charge on any atom is -0.493 e. The molecule has 0 aromatic heterocycles. The smallest absolute Gasteiger partial charge is 0.316 e. The summed E-state index contributed by atoms with van der Waals surface area (Å²) in [5.41, 5.74) is 0. The van der Waals surface area contributed by atoms with Gasteiger partial charge >= 0.3 is 5.97 Å². The van der Waals surface area contributed by atoms with Crippen molar-refractivity contribution in [1.82, 2.24) is 0 Å². The second kappa shape index (κ2) is 9.13. The number of hydrogen-bond acceptors (Lipinski definition) is 4. The molecule has 0 amide bonds. The van der Waals surface area contributed by atoms with E-state index in [0.29, 0.717) is 13.0 Å². The van der Waals surface area contributed by atoms with Crippen LogP contribution in [0.5, 0.6) is 5.75 Å². The number of rotatable bonds is 9. The Balaban J connectivity index is 2.43. The molecule has 110 valence electrons. The summed E-state index contributed by atoms with van der Waals surface area (Å²) in [5, 5.41) is 0. The molecule has 1 aromatic carbocycles. The lowest BCUT2D eigenvalue weighted by atomic mass is 9.97. The molecule has 0 radical (unpaired) electrons. The first kappa shape index (κ1) is 16.2. The fourth-order valence-electron chi connectivity index (χ4n) is 1.90. The van der Waals surface area contributed by atoms with Crippen molar-refractivity contribution in [3.8, 4) is 5.75 Å². The van der Waals surface area contributed by atoms with Gasteiger partial charge in [0.25, 0.3) is 0 Å². The lowest BCUT2D eigenvalue weighted by molar-refractivity contribution is -0.152. The van der Waals surface area contributed by atoms with E-state index in [2.05, 4.69) is 0 Å². The summed E-state index contributed by atoms with van der Waals surface area (Å²) in [6.07, 6.45) is 1.52. The molecule has 4 heteroatoms. The number of Topliss-reactive ketones (excluding diaryl/α,β-unsaturated/α-hetero) is 1. The van der Waals surface area contributed by atoms with E-state index in [0.717, 1.165) is 12.2 Å². The Labute approximate surface area is 120 Å². The highest BCUT2D eigenvalue weighted by molar-refractivity contribution is 5.99. The van der Waals surface area contributed by atoms with Crippen molar-refractivity contribution in [3.05, 3.63) is 30.3 Å². The second-order valence-electron chi connectivity index (χ2n) is 4.47. The molecule has 0 aliphatic heterocycles. The molecule has 0 aliphatic rings. The van der Waals surface area contributed by atoms with Crippen molar-refractivity contribution in [2.24, 2.45) is 5.92 Å². The van der Waals surface area contributed by atoms with Gasteiger partial charge in [0.15, 0.2) is 0 Å². The molecular formula is C16H22O4. The van der Waals surface area contributed by atoms with Crippen molar-refractivity contribution in [2.45, 2.75) is 33.1 Å². The monoisotopic (exact) mass is 278 g/mol. The number of ketones is 1. The maximum Gasteiger partial charge on any atom is 0.316 e. The van der Waals surface area contributed by atoms with Crippen molar-refractivity contribution in [3.63, 3.8) is 0 Å². The summed E-state index contributed by atoms with van der Waals surface area (Å²) in [6, 6.07) is 9.31. The van der Waals surface area contributed by atoms with Gasteiger partial charge in [-0.25, -0.2) is 0 Å². The van der Waals surface area contributed by atoms with E-state index < -0.39 is 11.9 Å². The summed E-state index contributed by atoms with van der Waals surface area (Å²) >= 11 is 0. The van der Waals surface area contributed by atoms with Crippen LogP contribution in [0.15, 0.2) is 30.3 Å². The highest BCUT2D eigenvalue weighted by Crippen LogP contribution is 2.14. The third-order valence-electron chi connectivity index (χ3n) is 2.90. The van der Waals surface area contributed by atoms with Gasteiger partial charge in [-0.05, 0) is 25.5 Å². The van der Waals surface area contributed by atoms with Crippen LogP contribution < -0.4 is 4.74 Å². The Kier molecular flexibility index (Phi) is 7.40. The van der Waals surface area contributed by atoms with Crippen LogP contribution in [0.2, 0.25) is 0 Å². The zero-order valence-electron chi connectivity index (χ0n) is 12.1. The van der Waals surface area contributed by atoms with E-state index in [4.69, 9.17) is 9.47 Å². The maximum absolute atomic E-state index is 12.1. The Morgan fingerprint density at radius 1 is 1.15 bits per heavy atom. The molecule has 1 unspecified atom stereocenters. The maximum atomic E-state index is 12.1. The van der Waals surface area contributed by atoms with Crippen LogP contribution in [0, 0.1) is 5.92 Å². The van der Waals surface area contributed by atoms with Gasteiger partial charge in [0.05, 0.1) is 13.2 Å². The number of carbonyl (C=O) groups is 2. The lowest BCUT2D eigenvalue weighted by Gasteiger charge is -2.13. The van der Waals surface area contributed by atoms with Gasteiger partial charge < -0.3 is 9.47 Å². The zero-order chi connectivity index (χ0) is 14.8. The molecule has 0 aliphatic carbocycles. The van der Waals surface area contributed by atoms with Crippen LogP contribution in [0.3, 0.4) is 0 Å². The SMILES string of the molecule is CCCC(C(=O)CCOc1ccccc1)C(=O)OCC. The Morgan fingerprint density at radius 3 is 2.45 bits per heavy atom. The molecular weight excluding hydrogens is 256 g/mol. The molecule has 20 heavy (non-hydrogen) atoms. The first-order valence-corrected chi connectivity index (χ1v) is 7.06. The number of ether oxygens (including phenoxy) is 2. The van der Waals surface area contributed by atoms with E-state index in [1.165, 1.54) is 0 Å². The fraction of sp³-hybridized carbons (Fsp3) is 0.500. The van der Waals surface area contributed by atoms with E-state index in [1.54, 1.807) is 6.92 Å². The first-order valence-electron chi connectivity index (χ1n) is 7.06. The molecule has 0 spiro atoms. The standard InChI is InChI=1S/C16H22O4/c1-3-8-14(16(18)19-4-2)15(17)11-12-20-13-9-6-5-7-10-13/h5-7,9-10,14H,3-4,8,11-12H2,1-2H3. The molecule has 0 saturated carbocycles. The third kappa shape index (κ3) is 5.43. The van der Waals surface area contributed by atoms with Crippen LogP contribution in [0.4, 0.5) is 0 Å². The van der Waals surface area contributed by atoms with Gasteiger partial charge in [0.1, 0.15) is 17.5 Å². The summed E-state index contributed by atoms with van der Waals surface area (Å²) in [6.45, 7) is 4.26. The minimum absolute atomic E-state index is 0.110. The van der Waals surface area contributed by atoms with Gasteiger partial charge in [0, 0.05) is 6.42 Å². The molecule has 1 rings (SSSR count). The van der Waals surface area contributed by atoms with E-state index >= 15 is 0 Å². The van der Waals surface area contributed by atoms with Crippen molar-refractivity contribution >= 4 is 11.8 Å². The summed E-state index contributed by atoms with van der Waals surface area (Å²) in [4.78, 5) is 23.8.